The van der Waals surface area contributed by atoms with Crippen molar-refractivity contribution in [3.05, 3.63) is 84.4 Å². The van der Waals surface area contributed by atoms with Crippen LogP contribution in [0.4, 0.5) is 5.69 Å². The summed E-state index contributed by atoms with van der Waals surface area (Å²) in [5, 5.41) is 14.1. The fourth-order valence-corrected chi connectivity index (χ4v) is 2.63. The van der Waals surface area contributed by atoms with Gasteiger partial charge in [-0.25, -0.2) is 4.68 Å². The van der Waals surface area contributed by atoms with E-state index in [9.17, 15) is 4.79 Å². The Morgan fingerprint density at radius 2 is 1.93 bits per heavy atom. The van der Waals surface area contributed by atoms with Crippen molar-refractivity contribution >= 4 is 11.6 Å². The molecule has 8 heteroatoms. The van der Waals surface area contributed by atoms with Crippen molar-refractivity contribution in [3.8, 4) is 17.2 Å². The molecule has 0 aliphatic carbocycles. The molecule has 0 bridgehead atoms. The van der Waals surface area contributed by atoms with E-state index in [1.54, 1.807) is 47.4 Å². The van der Waals surface area contributed by atoms with E-state index < -0.39 is 0 Å². The summed E-state index contributed by atoms with van der Waals surface area (Å²) in [6.07, 6.45) is 4.81. The quantitative estimate of drug-likeness (QED) is 0.577. The highest BCUT2D eigenvalue weighted by atomic mass is 16.5. The number of carbonyl (C=O) groups is 1. The van der Waals surface area contributed by atoms with E-state index in [1.807, 2.05) is 31.2 Å². The molecule has 138 valence electrons. The van der Waals surface area contributed by atoms with Gasteiger partial charge in [0.15, 0.2) is 0 Å². The standard InChI is InChI=1S/C20H16N6O2/c1-14-4-7-16(11-19(14)26-13-22-24-25-26)23-20(27)15-5-8-17(9-6-15)28-18-3-2-10-21-12-18/h2-13H,1H3,(H,23,27). The topological polar surface area (TPSA) is 94.8 Å². The smallest absolute Gasteiger partial charge is 0.255 e. The van der Waals surface area contributed by atoms with Crippen molar-refractivity contribution < 1.29 is 9.53 Å². The third-order valence-electron chi connectivity index (χ3n) is 4.05. The fourth-order valence-electron chi connectivity index (χ4n) is 2.63. The first-order chi connectivity index (χ1) is 13.7. The van der Waals surface area contributed by atoms with Gasteiger partial charge < -0.3 is 10.1 Å². The third kappa shape index (κ3) is 3.85. The molecule has 0 atom stereocenters. The molecule has 0 saturated heterocycles. The van der Waals surface area contributed by atoms with Crippen LogP contribution in [-0.2, 0) is 0 Å². The Labute approximate surface area is 160 Å². The molecule has 2 aromatic carbocycles. The summed E-state index contributed by atoms with van der Waals surface area (Å²) < 4.78 is 7.24. The molecule has 1 N–H and O–H groups in total. The van der Waals surface area contributed by atoms with Gasteiger partial charge >= 0.3 is 0 Å². The molecule has 4 rings (SSSR count). The molecular weight excluding hydrogens is 356 g/mol. The van der Waals surface area contributed by atoms with Gasteiger partial charge in [0, 0.05) is 17.4 Å². The summed E-state index contributed by atoms with van der Waals surface area (Å²) in [6, 6.07) is 16.1. The number of nitrogens with zero attached hydrogens (tertiary/aromatic N) is 5. The van der Waals surface area contributed by atoms with Gasteiger partial charge in [-0.05, 0) is 71.4 Å². The molecule has 0 saturated carbocycles. The number of pyridine rings is 1. The lowest BCUT2D eigenvalue weighted by atomic mass is 10.1. The van der Waals surface area contributed by atoms with Crippen molar-refractivity contribution in [1.29, 1.82) is 0 Å². The lowest BCUT2D eigenvalue weighted by Gasteiger charge is -2.10. The first kappa shape index (κ1) is 17.3. The number of aryl methyl sites for hydroxylation is 1. The average molecular weight is 372 g/mol. The Morgan fingerprint density at radius 3 is 2.64 bits per heavy atom. The van der Waals surface area contributed by atoms with Crippen molar-refractivity contribution in [2.24, 2.45) is 0 Å². The Balaban J connectivity index is 1.47. The number of aromatic nitrogens is 5. The van der Waals surface area contributed by atoms with Crippen molar-refractivity contribution in [2.75, 3.05) is 5.32 Å². The summed E-state index contributed by atoms with van der Waals surface area (Å²) in [7, 11) is 0. The van der Waals surface area contributed by atoms with E-state index in [1.165, 1.54) is 6.33 Å². The van der Waals surface area contributed by atoms with E-state index >= 15 is 0 Å². The number of nitrogens with one attached hydrogen (secondary N) is 1. The van der Waals surface area contributed by atoms with Crippen LogP contribution in [0.15, 0.2) is 73.3 Å². The first-order valence-electron chi connectivity index (χ1n) is 8.52. The molecule has 28 heavy (non-hydrogen) atoms. The van der Waals surface area contributed by atoms with E-state index in [0.717, 1.165) is 11.3 Å². The maximum atomic E-state index is 12.6. The zero-order valence-corrected chi connectivity index (χ0v) is 15.0. The number of anilines is 1. The third-order valence-corrected chi connectivity index (χ3v) is 4.05. The molecule has 0 unspecified atom stereocenters. The van der Waals surface area contributed by atoms with Gasteiger partial charge in [0.25, 0.3) is 5.91 Å². The highest BCUT2D eigenvalue weighted by Gasteiger charge is 2.09. The molecular formula is C20H16N6O2. The first-order valence-corrected chi connectivity index (χ1v) is 8.52. The number of carbonyl (C=O) groups excluding carboxylic acids is 1. The van der Waals surface area contributed by atoms with E-state index in [0.29, 0.717) is 22.7 Å². The largest absolute Gasteiger partial charge is 0.456 e. The zero-order valence-electron chi connectivity index (χ0n) is 15.0. The van der Waals surface area contributed by atoms with Gasteiger partial charge in [-0.1, -0.05) is 6.07 Å². The van der Waals surface area contributed by atoms with Crippen molar-refractivity contribution in [1.82, 2.24) is 25.2 Å². The number of hydrogen-bond acceptors (Lipinski definition) is 6. The minimum atomic E-state index is -0.223. The highest BCUT2D eigenvalue weighted by molar-refractivity contribution is 6.04. The lowest BCUT2D eigenvalue weighted by Crippen LogP contribution is -2.12. The predicted octanol–water partition coefficient (Wildman–Crippen LogP) is 3.41. The molecule has 0 aliphatic rings. The van der Waals surface area contributed by atoms with Crippen LogP contribution in [0.5, 0.6) is 11.5 Å². The van der Waals surface area contributed by atoms with Gasteiger partial charge in [0.2, 0.25) is 0 Å². The molecule has 4 aromatic rings. The van der Waals surface area contributed by atoms with E-state index in [-0.39, 0.29) is 5.91 Å². The van der Waals surface area contributed by atoms with Crippen LogP contribution >= 0.6 is 0 Å². The second-order valence-electron chi connectivity index (χ2n) is 6.02. The summed E-state index contributed by atoms with van der Waals surface area (Å²) in [5.41, 5.74) is 2.95. The van der Waals surface area contributed by atoms with E-state index in [2.05, 4.69) is 25.8 Å². The van der Waals surface area contributed by atoms with Gasteiger partial charge in [0.05, 0.1) is 11.9 Å². The minimum Gasteiger partial charge on any atom is -0.456 e. The van der Waals surface area contributed by atoms with Crippen LogP contribution in [-0.4, -0.2) is 31.1 Å². The molecule has 1 amide bonds. The normalized spacial score (nSPS) is 10.5. The Hall–Kier alpha value is -4.07. The van der Waals surface area contributed by atoms with Crippen LogP contribution in [0.25, 0.3) is 5.69 Å². The summed E-state index contributed by atoms with van der Waals surface area (Å²) in [6.45, 7) is 1.95. The number of benzene rings is 2. The van der Waals surface area contributed by atoms with Crippen LogP contribution < -0.4 is 10.1 Å². The van der Waals surface area contributed by atoms with Gasteiger partial charge in [0.1, 0.15) is 17.8 Å². The minimum absolute atomic E-state index is 0.223. The van der Waals surface area contributed by atoms with Crippen LogP contribution in [0.3, 0.4) is 0 Å². The monoisotopic (exact) mass is 372 g/mol. The van der Waals surface area contributed by atoms with Crippen molar-refractivity contribution in [2.45, 2.75) is 6.92 Å². The number of hydrogen-bond donors (Lipinski definition) is 1. The summed E-state index contributed by atoms with van der Waals surface area (Å²) >= 11 is 0. The zero-order chi connectivity index (χ0) is 19.3. The van der Waals surface area contributed by atoms with Crippen LogP contribution in [0.1, 0.15) is 15.9 Å². The maximum absolute atomic E-state index is 12.6. The predicted molar refractivity (Wildman–Crippen MR) is 103 cm³/mol. The Kier molecular flexibility index (Phi) is 4.75. The number of amides is 1. The second kappa shape index (κ2) is 7.67. The molecule has 0 aliphatic heterocycles. The van der Waals surface area contributed by atoms with E-state index in [4.69, 9.17) is 4.74 Å². The van der Waals surface area contributed by atoms with Gasteiger partial charge in [-0.2, -0.15) is 0 Å². The summed E-state index contributed by atoms with van der Waals surface area (Å²) in [4.78, 5) is 16.6. The number of ether oxygens (including phenoxy) is 1. The maximum Gasteiger partial charge on any atom is 0.255 e. The fraction of sp³-hybridized carbons (Fsp3) is 0.0500. The second-order valence-corrected chi connectivity index (χ2v) is 6.02. The van der Waals surface area contributed by atoms with Gasteiger partial charge in [-0.3, -0.25) is 9.78 Å². The number of rotatable bonds is 5. The molecule has 0 spiro atoms. The Morgan fingerprint density at radius 1 is 1.07 bits per heavy atom. The summed E-state index contributed by atoms with van der Waals surface area (Å²) in [5.74, 6) is 1.04. The molecule has 0 fully saturated rings. The van der Waals surface area contributed by atoms with Crippen molar-refractivity contribution in [3.63, 3.8) is 0 Å². The Bertz CT molecular complexity index is 1080. The molecule has 0 radical (unpaired) electrons. The SMILES string of the molecule is Cc1ccc(NC(=O)c2ccc(Oc3cccnc3)cc2)cc1-n1cnnn1. The average Bonchev–Trinajstić information content (AvgIpc) is 3.25. The lowest BCUT2D eigenvalue weighted by molar-refractivity contribution is 0.102. The number of tetrazole rings is 1. The highest BCUT2D eigenvalue weighted by Crippen LogP contribution is 2.22. The van der Waals surface area contributed by atoms with Gasteiger partial charge in [-0.15, -0.1) is 5.10 Å². The van der Waals surface area contributed by atoms with Crippen LogP contribution in [0.2, 0.25) is 0 Å². The molecule has 2 heterocycles. The van der Waals surface area contributed by atoms with Crippen LogP contribution in [0, 0.1) is 6.92 Å². The molecule has 8 nitrogen and oxygen atoms in total. The molecule has 2 aromatic heterocycles.